The summed E-state index contributed by atoms with van der Waals surface area (Å²) < 4.78 is 79.5. The number of aromatic nitrogens is 3. The van der Waals surface area contributed by atoms with Crippen LogP contribution in [0.5, 0.6) is 5.88 Å². The SMILES string of the molecule is CC(NC(=O)c1cc(C(F)(F)F)nn1C)c1ccc(OCC(F)(F)F)nc1. The summed E-state index contributed by atoms with van der Waals surface area (Å²) in [5.41, 5.74) is -1.08. The van der Waals surface area contributed by atoms with Crippen molar-refractivity contribution in [1.29, 1.82) is 0 Å². The Balaban J connectivity index is 2.03. The number of carbonyl (C=O) groups is 1. The first kappa shape index (κ1) is 20.5. The first-order chi connectivity index (χ1) is 12.4. The fourth-order valence-electron chi connectivity index (χ4n) is 2.06. The molecule has 0 aromatic carbocycles. The Morgan fingerprint density at radius 3 is 2.41 bits per heavy atom. The zero-order valence-electron chi connectivity index (χ0n) is 14.0. The van der Waals surface area contributed by atoms with Crippen molar-refractivity contribution in [2.75, 3.05) is 6.61 Å². The number of alkyl halides is 6. The predicted octanol–water partition coefficient (Wildman–Crippen LogP) is 3.27. The van der Waals surface area contributed by atoms with Crippen molar-refractivity contribution in [2.24, 2.45) is 7.05 Å². The molecule has 148 valence electrons. The summed E-state index contributed by atoms with van der Waals surface area (Å²) in [7, 11) is 1.20. The summed E-state index contributed by atoms with van der Waals surface area (Å²) >= 11 is 0. The van der Waals surface area contributed by atoms with Crippen molar-refractivity contribution < 1.29 is 35.9 Å². The van der Waals surface area contributed by atoms with Gasteiger partial charge in [0.2, 0.25) is 5.88 Å². The largest absolute Gasteiger partial charge is 0.468 e. The summed E-state index contributed by atoms with van der Waals surface area (Å²) in [6.07, 6.45) is -7.99. The van der Waals surface area contributed by atoms with Gasteiger partial charge >= 0.3 is 12.4 Å². The molecule has 0 spiro atoms. The molecular formula is C15H14F6N4O2. The molecule has 0 fully saturated rings. The maximum absolute atomic E-state index is 12.6. The van der Waals surface area contributed by atoms with E-state index in [1.807, 2.05) is 0 Å². The standard InChI is InChI=1S/C15H14F6N4O2/c1-8(9-3-4-12(22-6-9)27-7-14(16,17)18)23-13(26)10-5-11(15(19,20)21)24-25(10)2/h3-6,8H,7H2,1-2H3,(H,23,26). The maximum atomic E-state index is 12.6. The highest BCUT2D eigenvalue weighted by Gasteiger charge is 2.35. The van der Waals surface area contributed by atoms with E-state index >= 15 is 0 Å². The summed E-state index contributed by atoms with van der Waals surface area (Å²) in [4.78, 5) is 15.9. The number of amides is 1. The summed E-state index contributed by atoms with van der Waals surface area (Å²) in [5.74, 6) is -1.05. The summed E-state index contributed by atoms with van der Waals surface area (Å²) in [6, 6.07) is 2.52. The Hall–Kier alpha value is -2.79. The van der Waals surface area contributed by atoms with E-state index in [-0.39, 0.29) is 11.6 Å². The van der Waals surface area contributed by atoms with E-state index in [0.29, 0.717) is 11.6 Å². The van der Waals surface area contributed by atoms with Gasteiger partial charge in [-0.25, -0.2) is 4.98 Å². The van der Waals surface area contributed by atoms with E-state index in [1.54, 1.807) is 0 Å². The van der Waals surface area contributed by atoms with Crippen molar-refractivity contribution in [3.8, 4) is 5.88 Å². The molecule has 0 aliphatic rings. The van der Waals surface area contributed by atoms with E-state index in [0.717, 1.165) is 4.68 Å². The van der Waals surface area contributed by atoms with Gasteiger partial charge in [-0.1, -0.05) is 6.07 Å². The number of nitrogens with one attached hydrogen (secondary N) is 1. The molecule has 0 aliphatic heterocycles. The van der Waals surface area contributed by atoms with Crippen LogP contribution in [-0.4, -0.2) is 33.5 Å². The lowest BCUT2D eigenvalue weighted by molar-refractivity contribution is -0.154. The van der Waals surface area contributed by atoms with Gasteiger partial charge in [0, 0.05) is 25.4 Å². The highest BCUT2D eigenvalue weighted by atomic mass is 19.4. The van der Waals surface area contributed by atoms with E-state index in [4.69, 9.17) is 0 Å². The van der Waals surface area contributed by atoms with Crippen LogP contribution in [0, 0.1) is 0 Å². The van der Waals surface area contributed by atoms with Crippen molar-refractivity contribution in [3.63, 3.8) is 0 Å². The molecule has 0 bridgehead atoms. The van der Waals surface area contributed by atoms with Gasteiger partial charge in [-0.05, 0) is 12.5 Å². The van der Waals surface area contributed by atoms with Crippen molar-refractivity contribution in [3.05, 3.63) is 41.3 Å². The van der Waals surface area contributed by atoms with Crippen molar-refractivity contribution in [2.45, 2.75) is 25.3 Å². The minimum Gasteiger partial charge on any atom is -0.468 e. The number of halogens is 6. The number of hydrogen-bond donors (Lipinski definition) is 1. The first-order valence-corrected chi connectivity index (χ1v) is 7.44. The lowest BCUT2D eigenvalue weighted by Crippen LogP contribution is -2.28. The van der Waals surface area contributed by atoms with Crippen molar-refractivity contribution >= 4 is 5.91 Å². The third-order valence-corrected chi connectivity index (χ3v) is 3.39. The molecule has 1 N–H and O–H groups in total. The number of hydrogen-bond acceptors (Lipinski definition) is 4. The molecule has 0 radical (unpaired) electrons. The van der Waals surface area contributed by atoms with Crippen LogP contribution in [0.25, 0.3) is 0 Å². The fourth-order valence-corrected chi connectivity index (χ4v) is 2.06. The third kappa shape index (κ3) is 5.59. The number of aryl methyl sites for hydroxylation is 1. The van der Waals surface area contributed by atoms with Crippen LogP contribution in [0.3, 0.4) is 0 Å². The molecular weight excluding hydrogens is 382 g/mol. The van der Waals surface area contributed by atoms with Gasteiger partial charge < -0.3 is 10.1 Å². The van der Waals surface area contributed by atoms with E-state index in [9.17, 15) is 31.1 Å². The fraction of sp³-hybridized carbons (Fsp3) is 0.400. The maximum Gasteiger partial charge on any atom is 0.435 e. The highest BCUT2D eigenvalue weighted by Crippen LogP contribution is 2.28. The molecule has 2 heterocycles. The van der Waals surface area contributed by atoms with Gasteiger partial charge in [-0.3, -0.25) is 9.48 Å². The molecule has 1 amide bonds. The molecule has 2 aromatic heterocycles. The molecule has 0 saturated carbocycles. The van der Waals surface area contributed by atoms with Gasteiger partial charge in [0.05, 0.1) is 6.04 Å². The molecule has 1 atom stereocenters. The highest BCUT2D eigenvalue weighted by molar-refractivity contribution is 5.92. The average Bonchev–Trinajstić information content (AvgIpc) is 2.95. The van der Waals surface area contributed by atoms with Crippen molar-refractivity contribution in [1.82, 2.24) is 20.1 Å². The minimum absolute atomic E-state index is 0.254. The van der Waals surface area contributed by atoms with E-state index in [1.165, 1.54) is 32.3 Å². The van der Waals surface area contributed by atoms with Crippen LogP contribution in [0.4, 0.5) is 26.3 Å². The second-order valence-corrected chi connectivity index (χ2v) is 5.56. The number of pyridine rings is 1. The zero-order chi connectivity index (χ0) is 20.4. The number of rotatable bonds is 5. The Bertz CT molecular complexity index is 798. The van der Waals surface area contributed by atoms with Crippen LogP contribution in [-0.2, 0) is 13.2 Å². The first-order valence-electron chi connectivity index (χ1n) is 7.44. The molecule has 6 nitrogen and oxygen atoms in total. The van der Waals surface area contributed by atoms with Gasteiger partial charge in [0.1, 0.15) is 5.69 Å². The Morgan fingerprint density at radius 2 is 1.93 bits per heavy atom. The normalized spacial score (nSPS) is 13.3. The third-order valence-electron chi connectivity index (χ3n) is 3.39. The lowest BCUT2D eigenvalue weighted by atomic mass is 10.1. The lowest BCUT2D eigenvalue weighted by Gasteiger charge is -2.14. The van der Waals surface area contributed by atoms with Crippen LogP contribution in [0.15, 0.2) is 24.4 Å². The molecule has 2 aromatic rings. The van der Waals surface area contributed by atoms with Crippen LogP contribution in [0.1, 0.15) is 34.7 Å². The molecule has 12 heteroatoms. The monoisotopic (exact) mass is 396 g/mol. The van der Waals surface area contributed by atoms with Gasteiger partial charge in [-0.2, -0.15) is 31.4 Å². The quantitative estimate of drug-likeness (QED) is 0.788. The molecule has 2 rings (SSSR count). The van der Waals surface area contributed by atoms with Crippen LogP contribution >= 0.6 is 0 Å². The Labute approximate surface area is 149 Å². The number of nitrogens with zero attached hydrogens (tertiary/aromatic N) is 3. The van der Waals surface area contributed by atoms with Crippen LogP contribution in [0.2, 0.25) is 0 Å². The molecule has 0 aliphatic carbocycles. The summed E-state index contributed by atoms with van der Waals surface area (Å²) in [5, 5.41) is 5.71. The van der Waals surface area contributed by atoms with E-state index < -0.39 is 36.6 Å². The van der Waals surface area contributed by atoms with Gasteiger partial charge in [0.15, 0.2) is 12.3 Å². The Morgan fingerprint density at radius 1 is 1.26 bits per heavy atom. The minimum atomic E-state index is -4.68. The van der Waals surface area contributed by atoms with Gasteiger partial charge in [0.25, 0.3) is 5.91 Å². The Kier molecular flexibility index (Phi) is 5.66. The van der Waals surface area contributed by atoms with E-state index in [2.05, 4.69) is 20.1 Å². The predicted molar refractivity (Wildman–Crippen MR) is 79.9 cm³/mol. The molecule has 1 unspecified atom stereocenters. The average molecular weight is 396 g/mol. The summed E-state index contributed by atoms with van der Waals surface area (Å²) in [6.45, 7) is 0.0415. The molecule has 27 heavy (non-hydrogen) atoms. The smallest absolute Gasteiger partial charge is 0.435 e. The molecule has 0 saturated heterocycles. The topological polar surface area (TPSA) is 69.0 Å². The number of ether oxygens (including phenoxy) is 1. The second kappa shape index (κ2) is 7.45. The van der Waals surface area contributed by atoms with Crippen LogP contribution < -0.4 is 10.1 Å². The van der Waals surface area contributed by atoms with Gasteiger partial charge in [-0.15, -0.1) is 0 Å². The number of carbonyl (C=O) groups excluding carboxylic acids is 1. The zero-order valence-corrected chi connectivity index (χ0v) is 14.0. The second-order valence-electron chi connectivity index (χ2n) is 5.56.